The van der Waals surface area contributed by atoms with Crippen LogP contribution >= 0.6 is 0 Å². The van der Waals surface area contributed by atoms with Crippen LogP contribution in [0.3, 0.4) is 0 Å². The third kappa shape index (κ3) is 1.72. The quantitative estimate of drug-likeness (QED) is 0.595. The van der Waals surface area contributed by atoms with Gasteiger partial charge in [-0.1, -0.05) is 26.7 Å². The van der Waals surface area contributed by atoms with Crippen molar-refractivity contribution in [1.29, 1.82) is 0 Å². The van der Waals surface area contributed by atoms with Crippen molar-refractivity contribution >= 4 is 0 Å². The van der Waals surface area contributed by atoms with Gasteiger partial charge in [0.15, 0.2) is 0 Å². The number of rotatable bonds is 1. The maximum Gasteiger partial charge on any atom is -0.00231 e. The summed E-state index contributed by atoms with van der Waals surface area (Å²) in [6.45, 7) is 5.53. The monoisotopic (exact) mass is 141 g/mol. The highest BCUT2D eigenvalue weighted by Gasteiger charge is 2.28. The molecular formula is C9H19N. The van der Waals surface area contributed by atoms with E-state index in [2.05, 4.69) is 13.8 Å². The number of nitrogens with two attached hydrogens (primary N) is 1. The second-order valence-electron chi connectivity index (χ2n) is 4.22. The van der Waals surface area contributed by atoms with Gasteiger partial charge in [-0.15, -0.1) is 0 Å². The lowest BCUT2D eigenvalue weighted by molar-refractivity contribution is 0.177. The standard InChI is InChI=1S/C9H19N/c1-8-4-3-5-9(2,6-8)7-10/h8H,3-7,10H2,1-2H3/t8-,9+/m1/s1. The maximum absolute atomic E-state index is 5.70. The van der Waals surface area contributed by atoms with Crippen molar-refractivity contribution in [2.75, 3.05) is 6.54 Å². The molecule has 2 atom stereocenters. The molecule has 0 spiro atoms. The Kier molecular flexibility index (Phi) is 2.35. The van der Waals surface area contributed by atoms with Gasteiger partial charge in [0.25, 0.3) is 0 Å². The first-order valence-corrected chi connectivity index (χ1v) is 4.36. The Bertz CT molecular complexity index is 111. The molecule has 0 aromatic carbocycles. The van der Waals surface area contributed by atoms with Crippen LogP contribution in [-0.2, 0) is 0 Å². The Hall–Kier alpha value is -0.0400. The summed E-state index contributed by atoms with van der Waals surface area (Å²) < 4.78 is 0. The van der Waals surface area contributed by atoms with E-state index >= 15 is 0 Å². The summed E-state index contributed by atoms with van der Waals surface area (Å²) >= 11 is 0. The zero-order chi connectivity index (χ0) is 7.61. The summed E-state index contributed by atoms with van der Waals surface area (Å²) in [5.74, 6) is 0.905. The molecule has 0 heterocycles. The van der Waals surface area contributed by atoms with E-state index in [0.717, 1.165) is 12.5 Å². The van der Waals surface area contributed by atoms with Crippen molar-refractivity contribution in [2.24, 2.45) is 17.1 Å². The summed E-state index contributed by atoms with van der Waals surface area (Å²) in [6, 6.07) is 0. The molecule has 0 aliphatic heterocycles. The van der Waals surface area contributed by atoms with E-state index in [4.69, 9.17) is 5.73 Å². The highest BCUT2D eigenvalue weighted by Crippen LogP contribution is 2.37. The minimum absolute atomic E-state index is 0.470. The van der Waals surface area contributed by atoms with Crippen molar-refractivity contribution in [1.82, 2.24) is 0 Å². The molecule has 0 bridgehead atoms. The van der Waals surface area contributed by atoms with Crippen LogP contribution in [0.5, 0.6) is 0 Å². The average Bonchev–Trinajstić information content (AvgIpc) is 1.88. The Morgan fingerprint density at radius 2 is 2.30 bits per heavy atom. The van der Waals surface area contributed by atoms with Gasteiger partial charge < -0.3 is 5.73 Å². The average molecular weight is 141 g/mol. The second kappa shape index (κ2) is 2.91. The maximum atomic E-state index is 5.70. The second-order valence-corrected chi connectivity index (χ2v) is 4.22. The Balaban J connectivity index is 2.45. The summed E-state index contributed by atoms with van der Waals surface area (Å²) in [5, 5.41) is 0. The van der Waals surface area contributed by atoms with E-state index in [1.807, 2.05) is 0 Å². The fourth-order valence-electron chi connectivity index (χ4n) is 2.11. The van der Waals surface area contributed by atoms with E-state index in [1.165, 1.54) is 25.7 Å². The van der Waals surface area contributed by atoms with Crippen LogP contribution in [0.1, 0.15) is 39.5 Å². The summed E-state index contributed by atoms with van der Waals surface area (Å²) in [4.78, 5) is 0. The first-order valence-electron chi connectivity index (χ1n) is 4.36. The normalized spacial score (nSPS) is 41.7. The van der Waals surface area contributed by atoms with Gasteiger partial charge in [0.2, 0.25) is 0 Å². The molecule has 10 heavy (non-hydrogen) atoms. The number of hydrogen-bond donors (Lipinski definition) is 1. The molecule has 0 amide bonds. The number of hydrogen-bond acceptors (Lipinski definition) is 1. The molecule has 1 heteroatoms. The molecule has 1 rings (SSSR count). The van der Waals surface area contributed by atoms with E-state index in [0.29, 0.717) is 5.41 Å². The molecule has 1 fully saturated rings. The topological polar surface area (TPSA) is 26.0 Å². The predicted octanol–water partition coefficient (Wildman–Crippen LogP) is 2.16. The lowest BCUT2D eigenvalue weighted by Gasteiger charge is -2.35. The predicted molar refractivity (Wildman–Crippen MR) is 44.8 cm³/mol. The third-order valence-corrected chi connectivity index (χ3v) is 2.81. The molecule has 0 aromatic heterocycles. The highest BCUT2D eigenvalue weighted by atomic mass is 14.6. The Morgan fingerprint density at radius 3 is 2.70 bits per heavy atom. The van der Waals surface area contributed by atoms with Crippen molar-refractivity contribution < 1.29 is 0 Å². The smallest absolute Gasteiger partial charge is 0.00231 e. The van der Waals surface area contributed by atoms with Crippen LogP contribution in [0.15, 0.2) is 0 Å². The molecule has 1 saturated carbocycles. The van der Waals surface area contributed by atoms with Crippen molar-refractivity contribution in [3.8, 4) is 0 Å². The zero-order valence-electron chi connectivity index (χ0n) is 7.19. The van der Waals surface area contributed by atoms with Gasteiger partial charge in [0.1, 0.15) is 0 Å². The molecular weight excluding hydrogens is 122 g/mol. The molecule has 1 nitrogen and oxygen atoms in total. The lowest BCUT2D eigenvalue weighted by atomic mass is 9.71. The minimum atomic E-state index is 0.470. The van der Waals surface area contributed by atoms with Gasteiger partial charge in [-0.25, -0.2) is 0 Å². The summed E-state index contributed by atoms with van der Waals surface area (Å²) in [5.41, 5.74) is 6.17. The fraction of sp³-hybridized carbons (Fsp3) is 1.00. The SMILES string of the molecule is C[C@@H]1CCC[C@](C)(CN)C1. The lowest BCUT2D eigenvalue weighted by Crippen LogP contribution is -2.32. The van der Waals surface area contributed by atoms with Crippen molar-refractivity contribution in [2.45, 2.75) is 39.5 Å². The van der Waals surface area contributed by atoms with Crippen LogP contribution < -0.4 is 5.73 Å². The van der Waals surface area contributed by atoms with Gasteiger partial charge in [0.05, 0.1) is 0 Å². The zero-order valence-corrected chi connectivity index (χ0v) is 7.19. The van der Waals surface area contributed by atoms with Crippen molar-refractivity contribution in [3.05, 3.63) is 0 Å². The van der Waals surface area contributed by atoms with Gasteiger partial charge in [-0.05, 0) is 30.7 Å². The first kappa shape index (κ1) is 8.06. The molecule has 1 aliphatic rings. The van der Waals surface area contributed by atoms with E-state index in [-0.39, 0.29) is 0 Å². The van der Waals surface area contributed by atoms with Crippen LogP contribution in [0.4, 0.5) is 0 Å². The van der Waals surface area contributed by atoms with Gasteiger partial charge in [-0.3, -0.25) is 0 Å². The Labute approximate surface area is 64.0 Å². The van der Waals surface area contributed by atoms with Crippen molar-refractivity contribution in [3.63, 3.8) is 0 Å². The van der Waals surface area contributed by atoms with E-state index < -0.39 is 0 Å². The highest BCUT2D eigenvalue weighted by molar-refractivity contribution is 4.81. The molecule has 0 unspecified atom stereocenters. The molecule has 60 valence electrons. The molecule has 1 aliphatic carbocycles. The van der Waals surface area contributed by atoms with Crippen LogP contribution in [0.25, 0.3) is 0 Å². The third-order valence-electron chi connectivity index (χ3n) is 2.81. The van der Waals surface area contributed by atoms with E-state index in [1.54, 1.807) is 0 Å². The largest absolute Gasteiger partial charge is 0.330 e. The molecule has 2 N–H and O–H groups in total. The summed E-state index contributed by atoms with van der Waals surface area (Å²) in [6.07, 6.45) is 5.47. The summed E-state index contributed by atoms with van der Waals surface area (Å²) in [7, 11) is 0. The molecule has 0 saturated heterocycles. The van der Waals surface area contributed by atoms with Crippen LogP contribution in [0.2, 0.25) is 0 Å². The van der Waals surface area contributed by atoms with Crippen LogP contribution in [0, 0.1) is 11.3 Å². The van der Waals surface area contributed by atoms with Gasteiger partial charge in [-0.2, -0.15) is 0 Å². The minimum Gasteiger partial charge on any atom is -0.330 e. The van der Waals surface area contributed by atoms with Gasteiger partial charge >= 0.3 is 0 Å². The molecule has 0 radical (unpaired) electrons. The van der Waals surface area contributed by atoms with Crippen LogP contribution in [-0.4, -0.2) is 6.54 Å². The molecule has 0 aromatic rings. The van der Waals surface area contributed by atoms with Gasteiger partial charge in [0, 0.05) is 0 Å². The Morgan fingerprint density at radius 1 is 1.60 bits per heavy atom. The van der Waals surface area contributed by atoms with E-state index in [9.17, 15) is 0 Å². The fourth-order valence-corrected chi connectivity index (χ4v) is 2.11. The first-order chi connectivity index (χ1) is 4.66.